The molecule has 24 heavy (non-hydrogen) atoms. The van der Waals surface area contributed by atoms with Crippen molar-refractivity contribution in [3.63, 3.8) is 0 Å². The number of rotatable bonds is 2. The summed E-state index contributed by atoms with van der Waals surface area (Å²) in [5, 5.41) is 10.2. The van der Waals surface area contributed by atoms with Gasteiger partial charge in [0.15, 0.2) is 0 Å². The van der Waals surface area contributed by atoms with E-state index >= 15 is 0 Å². The van der Waals surface area contributed by atoms with Gasteiger partial charge in [-0.3, -0.25) is 4.57 Å². The first-order valence-electron chi connectivity index (χ1n) is 6.54. The number of fused-ring (bicyclic) bond motifs is 1. The van der Waals surface area contributed by atoms with E-state index in [1.165, 1.54) is 24.3 Å². The molecule has 0 radical (unpaired) electrons. The molecular weight excluding hydrogens is 367 g/mol. The average Bonchev–Trinajstić information content (AvgIpc) is 2.78. The van der Waals surface area contributed by atoms with Gasteiger partial charge in [-0.05, 0) is 30.3 Å². The van der Waals surface area contributed by atoms with Crippen LogP contribution in [0.15, 0.2) is 53.4 Å². The van der Waals surface area contributed by atoms with E-state index < -0.39 is 26.1 Å². The fourth-order valence-corrected chi connectivity index (χ4v) is 3.63. The predicted molar refractivity (Wildman–Crippen MR) is 83.2 cm³/mol. The van der Waals surface area contributed by atoms with E-state index in [0.29, 0.717) is 5.69 Å². The number of hydrogen-bond donors (Lipinski definition) is 1. The van der Waals surface area contributed by atoms with Crippen LogP contribution < -0.4 is 0 Å². The summed E-state index contributed by atoms with van der Waals surface area (Å²) < 4.78 is 63.7. The van der Waals surface area contributed by atoms with E-state index in [-0.39, 0.29) is 15.9 Å². The molecule has 1 heterocycles. The summed E-state index contributed by atoms with van der Waals surface area (Å²) in [6.45, 7) is 0. The van der Waals surface area contributed by atoms with Crippen molar-refractivity contribution in [2.75, 3.05) is 0 Å². The maximum atomic E-state index is 13.0. The highest BCUT2D eigenvalue weighted by Crippen LogP contribution is 2.43. The molecule has 0 atom stereocenters. The van der Waals surface area contributed by atoms with Gasteiger partial charge < -0.3 is 5.11 Å². The Labute approximate surface area is 139 Å². The third-order valence-corrected chi connectivity index (χ3v) is 5.23. The van der Waals surface area contributed by atoms with Crippen molar-refractivity contribution in [2.24, 2.45) is 0 Å². The molecule has 0 fully saturated rings. The molecule has 0 aliphatic carbocycles. The van der Waals surface area contributed by atoms with Crippen LogP contribution in [0.5, 0.6) is 5.88 Å². The van der Waals surface area contributed by atoms with Gasteiger partial charge in [0, 0.05) is 16.1 Å². The Morgan fingerprint density at radius 1 is 1.04 bits per heavy atom. The SMILES string of the molecule is O=S(=O)(c1c(O)n(-c2ccccc2)c2cc(Cl)ccc12)C(F)(F)F. The Balaban J connectivity index is 2.48. The molecule has 1 aromatic heterocycles. The van der Waals surface area contributed by atoms with Crippen molar-refractivity contribution in [3.05, 3.63) is 53.6 Å². The van der Waals surface area contributed by atoms with Crippen LogP contribution in [0.25, 0.3) is 16.6 Å². The highest BCUT2D eigenvalue weighted by atomic mass is 35.5. The Kier molecular flexibility index (Phi) is 3.76. The summed E-state index contributed by atoms with van der Waals surface area (Å²) in [5.74, 6) is -1.02. The summed E-state index contributed by atoms with van der Waals surface area (Å²) in [6.07, 6.45) is 0. The largest absolute Gasteiger partial charge is 0.502 e. The van der Waals surface area contributed by atoms with Crippen molar-refractivity contribution in [1.29, 1.82) is 0 Å². The maximum Gasteiger partial charge on any atom is 0.502 e. The predicted octanol–water partition coefficient (Wildman–Crippen LogP) is 4.28. The first-order valence-corrected chi connectivity index (χ1v) is 8.40. The number of alkyl halides is 3. The van der Waals surface area contributed by atoms with Crippen molar-refractivity contribution in [1.82, 2.24) is 4.57 Å². The van der Waals surface area contributed by atoms with E-state index in [9.17, 15) is 26.7 Å². The minimum absolute atomic E-state index is 0.0500. The van der Waals surface area contributed by atoms with Gasteiger partial charge in [-0.1, -0.05) is 29.8 Å². The lowest BCUT2D eigenvalue weighted by atomic mass is 10.2. The van der Waals surface area contributed by atoms with Gasteiger partial charge in [-0.15, -0.1) is 0 Å². The van der Waals surface area contributed by atoms with Crippen LogP contribution in [0.1, 0.15) is 0 Å². The molecule has 0 aliphatic heterocycles. The molecular formula is C15H9ClF3NO3S. The van der Waals surface area contributed by atoms with Crippen LogP contribution in [-0.2, 0) is 9.84 Å². The van der Waals surface area contributed by atoms with Crippen molar-refractivity contribution in [3.8, 4) is 11.6 Å². The Bertz CT molecular complexity index is 1030. The van der Waals surface area contributed by atoms with Gasteiger partial charge >= 0.3 is 5.51 Å². The lowest BCUT2D eigenvalue weighted by molar-refractivity contribution is -0.0436. The number of sulfone groups is 1. The van der Waals surface area contributed by atoms with Crippen LogP contribution in [0.3, 0.4) is 0 Å². The molecule has 0 saturated carbocycles. The number of hydrogen-bond acceptors (Lipinski definition) is 3. The minimum atomic E-state index is -5.75. The third kappa shape index (κ3) is 2.42. The first kappa shape index (κ1) is 16.7. The number of aromatic nitrogens is 1. The van der Waals surface area contributed by atoms with Crippen LogP contribution in [0.2, 0.25) is 5.02 Å². The smallest absolute Gasteiger partial charge is 0.493 e. The highest BCUT2D eigenvalue weighted by molar-refractivity contribution is 7.92. The van der Waals surface area contributed by atoms with Gasteiger partial charge in [0.1, 0.15) is 4.90 Å². The minimum Gasteiger partial charge on any atom is -0.493 e. The monoisotopic (exact) mass is 375 g/mol. The van der Waals surface area contributed by atoms with E-state index in [1.54, 1.807) is 18.2 Å². The number of nitrogens with zero attached hydrogens (tertiary/aromatic N) is 1. The second-order valence-corrected chi connectivity index (χ2v) is 7.25. The molecule has 0 amide bonds. The second kappa shape index (κ2) is 5.42. The topological polar surface area (TPSA) is 59.3 Å². The van der Waals surface area contributed by atoms with Crippen LogP contribution >= 0.6 is 11.6 Å². The molecule has 0 aliphatic rings. The normalized spacial score (nSPS) is 12.7. The molecule has 0 bridgehead atoms. The Morgan fingerprint density at radius 3 is 2.25 bits per heavy atom. The van der Waals surface area contributed by atoms with Crippen molar-refractivity contribution >= 4 is 32.3 Å². The molecule has 126 valence electrons. The van der Waals surface area contributed by atoms with Gasteiger partial charge in [0.2, 0.25) is 5.88 Å². The number of para-hydroxylation sites is 1. The van der Waals surface area contributed by atoms with Gasteiger partial charge in [-0.25, -0.2) is 8.42 Å². The lowest BCUT2D eigenvalue weighted by Gasteiger charge is -2.09. The Morgan fingerprint density at radius 2 is 1.67 bits per heavy atom. The lowest BCUT2D eigenvalue weighted by Crippen LogP contribution is -2.23. The zero-order chi connectivity index (χ0) is 17.7. The molecule has 1 N–H and O–H groups in total. The quantitative estimate of drug-likeness (QED) is 0.727. The molecule has 9 heteroatoms. The number of benzene rings is 2. The number of aromatic hydroxyl groups is 1. The van der Waals surface area contributed by atoms with Crippen molar-refractivity contribution < 1.29 is 26.7 Å². The van der Waals surface area contributed by atoms with Crippen LogP contribution in [0, 0.1) is 0 Å². The van der Waals surface area contributed by atoms with E-state index in [1.807, 2.05) is 0 Å². The summed E-state index contributed by atoms with van der Waals surface area (Å²) in [6, 6.07) is 11.6. The van der Waals surface area contributed by atoms with Crippen LogP contribution in [-0.4, -0.2) is 23.6 Å². The molecule has 0 saturated heterocycles. The maximum absolute atomic E-state index is 13.0. The fourth-order valence-electron chi connectivity index (χ4n) is 2.44. The summed E-state index contributed by atoms with van der Waals surface area (Å²) in [5.41, 5.74) is -5.19. The molecule has 2 aromatic carbocycles. The molecule has 3 aromatic rings. The molecule has 0 spiro atoms. The number of halogens is 4. The van der Waals surface area contributed by atoms with Crippen molar-refractivity contribution in [2.45, 2.75) is 10.4 Å². The average molecular weight is 376 g/mol. The van der Waals surface area contributed by atoms with Gasteiger partial charge in [-0.2, -0.15) is 13.2 Å². The van der Waals surface area contributed by atoms with E-state index in [0.717, 1.165) is 10.6 Å². The summed E-state index contributed by atoms with van der Waals surface area (Å²) in [7, 11) is -5.75. The van der Waals surface area contributed by atoms with Crippen LogP contribution in [0.4, 0.5) is 13.2 Å². The third-order valence-electron chi connectivity index (χ3n) is 3.45. The summed E-state index contributed by atoms with van der Waals surface area (Å²) in [4.78, 5) is -1.19. The standard InChI is InChI=1S/C15H9ClF3NO3S/c16-9-6-7-11-12(8-9)20(10-4-2-1-3-5-10)14(21)13(11)24(22,23)15(17,18)19/h1-8,21H. The molecule has 3 rings (SSSR count). The molecule has 4 nitrogen and oxygen atoms in total. The second-order valence-electron chi connectivity index (χ2n) is 4.93. The fraction of sp³-hybridized carbons (Fsp3) is 0.0667. The van der Waals surface area contributed by atoms with Gasteiger partial charge in [0.05, 0.1) is 5.52 Å². The first-order chi connectivity index (χ1) is 11.1. The van der Waals surface area contributed by atoms with Gasteiger partial charge in [0.25, 0.3) is 9.84 Å². The zero-order valence-electron chi connectivity index (χ0n) is 11.7. The Hall–Kier alpha value is -2.19. The summed E-state index contributed by atoms with van der Waals surface area (Å²) >= 11 is 5.88. The highest BCUT2D eigenvalue weighted by Gasteiger charge is 2.50. The van der Waals surface area contributed by atoms with E-state index in [4.69, 9.17) is 11.6 Å². The zero-order valence-corrected chi connectivity index (χ0v) is 13.3. The molecule has 0 unspecified atom stereocenters. The van der Waals surface area contributed by atoms with E-state index in [2.05, 4.69) is 0 Å².